The summed E-state index contributed by atoms with van der Waals surface area (Å²) in [6.45, 7) is 38.7. The van der Waals surface area contributed by atoms with Crippen LogP contribution in [0.2, 0.25) is 9.50 Å². The number of allylic oxidation sites excluding steroid dienone is 2. The van der Waals surface area contributed by atoms with Crippen molar-refractivity contribution in [3.63, 3.8) is 0 Å². The van der Waals surface area contributed by atoms with Crippen molar-refractivity contribution >= 4 is 37.5 Å². The van der Waals surface area contributed by atoms with E-state index in [4.69, 9.17) is 0 Å². The molecule has 70 heavy (non-hydrogen) atoms. The van der Waals surface area contributed by atoms with Crippen LogP contribution < -0.4 is 8.79 Å². The fourth-order valence-corrected chi connectivity index (χ4v) is 32.1. The monoisotopic (exact) mass is 1050 g/mol. The Morgan fingerprint density at radius 1 is 0.271 bits per heavy atom. The predicted molar refractivity (Wildman–Crippen MR) is 311 cm³/mol. The van der Waals surface area contributed by atoms with Gasteiger partial charge in [0.15, 0.2) is 0 Å². The molecule has 1 fully saturated rings. The Morgan fingerprint density at radius 2 is 0.457 bits per heavy atom. The normalized spacial score (nSPS) is 19.1. The third kappa shape index (κ3) is 8.75. The molecule has 1 aliphatic carbocycles. The van der Waals surface area contributed by atoms with Crippen molar-refractivity contribution in [2.24, 2.45) is 11.8 Å². The van der Waals surface area contributed by atoms with Gasteiger partial charge in [-0.05, 0) is 0 Å². The van der Waals surface area contributed by atoms with Crippen molar-refractivity contribution in [2.45, 2.75) is 168 Å². The summed E-state index contributed by atoms with van der Waals surface area (Å²) in [5.41, 5.74) is 24.2. The van der Waals surface area contributed by atoms with Gasteiger partial charge < -0.3 is 0 Å². The topological polar surface area (TPSA) is 0 Å². The van der Waals surface area contributed by atoms with Crippen LogP contribution in [-0.2, 0) is 0 Å². The van der Waals surface area contributed by atoms with E-state index < -0.39 is 28.7 Å². The molecule has 0 amide bonds. The SMILES string of the molecule is CC(C)c1cccc(C(C)C)c1-c1cccc(-c2c(C(C)C)cccc2C(C)C)[c]1[Ge]1[CH]=CC2C3C=[CH][Ge]([c]4c(-c5c(C(C)C)cccc5C(C)C)cccc4-c4c(C(C)C)cccc4C(C)C)[CH]3[CH]21. The minimum atomic E-state index is -2.26. The standard InChI is InChI=1S/C68H82Ge2/c1-39(2)47-23-17-24-48(40(3)4)61(47)57-31-21-32-58(62-49(41(5)6)25-18-26-50(62)42(7)8)65(57)69-37-35-55-56-36-38-70(68(56)67(55)69)66-59(63-51(43(9)10)27-19-28-52(63)44(11)12)33-22-34-60(66)64-53(45(13)14)29-20-30-54(64)46(15)16/h17-46,55-56,67-68H,1-16H3. The third-order valence-electron chi connectivity index (χ3n) is 16.7. The van der Waals surface area contributed by atoms with Crippen LogP contribution in [0.4, 0.5) is 0 Å². The molecule has 6 aromatic rings. The second-order valence-corrected chi connectivity index (χ2v) is 33.9. The predicted octanol–water partition coefficient (Wildman–Crippen LogP) is 18.6. The van der Waals surface area contributed by atoms with E-state index in [-0.39, 0.29) is 0 Å². The van der Waals surface area contributed by atoms with Gasteiger partial charge in [-0.25, -0.2) is 0 Å². The number of rotatable bonds is 14. The van der Waals surface area contributed by atoms with Crippen molar-refractivity contribution in [2.75, 3.05) is 0 Å². The number of fused-ring (bicyclic) bond motifs is 4. The van der Waals surface area contributed by atoms with E-state index in [1.165, 1.54) is 89.0 Å². The zero-order chi connectivity index (χ0) is 50.0. The second kappa shape index (κ2) is 20.4. The first-order valence-corrected chi connectivity index (χ1v) is 34.3. The summed E-state index contributed by atoms with van der Waals surface area (Å²) < 4.78 is 4.89. The second-order valence-electron chi connectivity index (χ2n) is 23.8. The van der Waals surface area contributed by atoms with Gasteiger partial charge in [-0.3, -0.25) is 0 Å². The Hall–Kier alpha value is -4.11. The number of hydrogen-bond donors (Lipinski definition) is 0. The summed E-state index contributed by atoms with van der Waals surface area (Å²) in [4.78, 5) is 5.78. The Kier molecular flexibility index (Phi) is 14.8. The zero-order valence-electron chi connectivity index (χ0n) is 45.6. The van der Waals surface area contributed by atoms with E-state index in [1.807, 2.05) is 0 Å². The van der Waals surface area contributed by atoms with Crippen LogP contribution in [-0.4, -0.2) is 28.7 Å². The van der Waals surface area contributed by atoms with Crippen LogP contribution in [0.25, 0.3) is 44.5 Å². The summed E-state index contributed by atoms with van der Waals surface area (Å²) in [5.74, 6) is 4.62. The first kappa shape index (κ1) is 50.8. The molecule has 2 aliphatic heterocycles. The van der Waals surface area contributed by atoms with Gasteiger partial charge in [-0.2, -0.15) is 0 Å². The molecular formula is C68H82Ge2. The first-order valence-electron chi connectivity index (χ1n) is 27.3. The molecule has 0 spiro atoms. The molecule has 0 aromatic heterocycles. The summed E-state index contributed by atoms with van der Waals surface area (Å²) in [5, 5.41) is 0. The average molecular weight is 1040 g/mol. The molecule has 1 saturated carbocycles. The van der Waals surface area contributed by atoms with E-state index in [2.05, 4.69) is 242 Å². The molecular weight excluding hydrogens is 962 g/mol. The van der Waals surface area contributed by atoms with Gasteiger partial charge in [0, 0.05) is 0 Å². The van der Waals surface area contributed by atoms with Gasteiger partial charge in [0.1, 0.15) is 0 Å². The molecule has 2 heterocycles. The van der Waals surface area contributed by atoms with E-state index in [9.17, 15) is 0 Å². The first-order chi connectivity index (χ1) is 33.4. The van der Waals surface area contributed by atoms with Gasteiger partial charge in [0.2, 0.25) is 0 Å². The molecule has 0 bridgehead atoms. The molecule has 362 valence electrons. The van der Waals surface area contributed by atoms with Crippen molar-refractivity contribution in [3.05, 3.63) is 176 Å². The third-order valence-corrected chi connectivity index (χ3v) is 31.3. The fourth-order valence-electron chi connectivity index (χ4n) is 13.3. The molecule has 4 unspecified atom stereocenters. The minimum absolute atomic E-state index is 0.422. The summed E-state index contributed by atoms with van der Waals surface area (Å²) in [6.07, 6.45) is 5.54. The van der Waals surface area contributed by atoms with Crippen LogP contribution in [0.5, 0.6) is 0 Å². The van der Waals surface area contributed by atoms with Crippen LogP contribution >= 0.6 is 0 Å². The number of benzene rings is 6. The van der Waals surface area contributed by atoms with Gasteiger partial charge in [0.05, 0.1) is 0 Å². The molecule has 9 rings (SSSR count). The molecule has 2 heteroatoms. The van der Waals surface area contributed by atoms with Crippen LogP contribution in [0.3, 0.4) is 0 Å². The van der Waals surface area contributed by atoms with Gasteiger partial charge in [-0.15, -0.1) is 0 Å². The summed E-state index contributed by atoms with van der Waals surface area (Å²) >= 11 is -4.51. The summed E-state index contributed by atoms with van der Waals surface area (Å²) in [7, 11) is 0. The molecule has 0 N–H and O–H groups in total. The Bertz CT molecular complexity index is 2480. The Morgan fingerprint density at radius 3 is 0.643 bits per heavy atom. The van der Waals surface area contributed by atoms with Crippen molar-refractivity contribution in [1.82, 2.24) is 0 Å². The van der Waals surface area contributed by atoms with E-state index in [1.54, 1.807) is 8.79 Å². The fraction of sp³-hybridized carbons (Fsp3) is 0.412. The molecule has 3 aliphatic rings. The van der Waals surface area contributed by atoms with Gasteiger partial charge in [0.25, 0.3) is 0 Å². The quantitative estimate of drug-likeness (QED) is 0.0954. The summed E-state index contributed by atoms with van der Waals surface area (Å²) in [6, 6.07) is 44.1. The van der Waals surface area contributed by atoms with E-state index in [0.717, 1.165) is 0 Å². The van der Waals surface area contributed by atoms with E-state index in [0.29, 0.717) is 68.7 Å². The Balaban J connectivity index is 1.34. The molecule has 0 saturated heterocycles. The number of hydrogen-bond acceptors (Lipinski definition) is 0. The van der Waals surface area contributed by atoms with Crippen molar-refractivity contribution in [3.8, 4) is 44.5 Å². The van der Waals surface area contributed by atoms with Crippen LogP contribution in [0, 0.1) is 11.8 Å². The maximum absolute atomic E-state index is 2.89. The maximum atomic E-state index is 2.89. The molecule has 6 aromatic carbocycles. The molecule has 0 nitrogen and oxygen atoms in total. The van der Waals surface area contributed by atoms with Crippen molar-refractivity contribution in [1.29, 1.82) is 0 Å². The Labute approximate surface area is 434 Å². The van der Waals surface area contributed by atoms with Gasteiger partial charge in [-0.1, -0.05) is 0 Å². The van der Waals surface area contributed by atoms with Crippen LogP contribution in [0.15, 0.2) is 131 Å². The molecule has 4 atom stereocenters. The van der Waals surface area contributed by atoms with Gasteiger partial charge >= 0.3 is 437 Å². The average Bonchev–Trinajstić information content (AvgIpc) is 3.89. The van der Waals surface area contributed by atoms with Crippen molar-refractivity contribution < 1.29 is 0 Å². The zero-order valence-corrected chi connectivity index (χ0v) is 49.8. The van der Waals surface area contributed by atoms with E-state index >= 15 is 0 Å². The molecule has 2 radical (unpaired) electrons. The van der Waals surface area contributed by atoms with Crippen LogP contribution in [0.1, 0.15) is 203 Å².